The van der Waals surface area contributed by atoms with Crippen LogP contribution in [0.25, 0.3) is 11.1 Å². The Kier molecular flexibility index (Phi) is 7.74. The van der Waals surface area contributed by atoms with Crippen molar-refractivity contribution in [3.05, 3.63) is 84.2 Å². The van der Waals surface area contributed by atoms with Crippen molar-refractivity contribution in [3.8, 4) is 16.9 Å². The van der Waals surface area contributed by atoms with E-state index in [-0.39, 0.29) is 11.9 Å². The lowest BCUT2D eigenvalue weighted by Crippen LogP contribution is -2.37. The maximum absolute atomic E-state index is 13.4. The fourth-order valence-corrected chi connectivity index (χ4v) is 4.01. The molecule has 1 amide bonds. The van der Waals surface area contributed by atoms with E-state index in [0.717, 1.165) is 36.8 Å². The second-order valence-corrected chi connectivity index (χ2v) is 8.58. The molecule has 1 heterocycles. The zero-order valence-electron chi connectivity index (χ0n) is 19.2. The van der Waals surface area contributed by atoms with Crippen molar-refractivity contribution in [2.75, 3.05) is 6.61 Å². The number of para-hydroxylation sites is 1. The van der Waals surface area contributed by atoms with Gasteiger partial charge in [0.1, 0.15) is 5.75 Å². The number of aromatic nitrogens is 1. The van der Waals surface area contributed by atoms with Crippen molar-refractivity contribution >= 4 is 5.91 Å². The molecule has 1 saturated carbocycles. The van der Waals surface area contributed by atoms with Crippen molar-refractivity contribution in [2.45, 2.75) is 57.7 Å². The van der Waals surface area contributed by atoms with Gasteiger partial charge in [-0.1, -0.05) is 56.5 Å². The molecule has 0 bridgehead atoms. The highest BCUT2D eigenvalue weighted by Gasteiger charge is 2.38. The van der Waals surface area contributed by atoms with E-state index in [2.05, 4.69) is 11.9 Å². The van der Waals surface area contributed by atoms with E-state index < -0.39 is 6.23 Å². The molecular formula is C28H32N2O3. The molecule has 1 fully saturated rings. The fourth-order valence-electron chi connectivity index (χ4n) is 4.01. The number of hydrogen-bond donors (Lipinski definition) is 1. The number of aliphatic hydroxyl groups is 1. The number of hydrogen-bond acceptors (Lipinski definition) is 4. The van der Waals surface area contributed by atoms with Crippen LogP contribution in [0.1, 0.15) is 67.6 Å². The van der Waals surface area contributed by atoms with E-state index in [9.17, 15) is 9.90 Å². The molecule has 2 aromatic carbocycles. The Morgan fingerprint density at radius 2 is 1.70 bits per heavy atom. The lowest BCUT2D eigenvalue weighted by atomic mass is 10.0. The molecule has 4 rings (SSSR count). The first-order valence-electron chi connectivity index (χ1n) is 11.9. The molecule has 0 radical (unpaired) electrons. The fraction of sp³-hybridized carbons (Fsp3) is 0.357. The number of ether oxygens (including phenoxy) is 1. The van der Waals surface area contributed by atoms with Crippen molar-refractivity contribution in [1.82, 2.24) is 9.88 Å². The van der Waals surface area contributed by atoms with Crippen molar-refractivity contribution in [3.63, 3.8) is 0 Å². The highest BCUT2D eigenvalue weighted by atomic mass is 16.5. The quantitative estimate of drug-likeness (QED) is 0.291. The third-order valence-electron chi connectivity index (χ3n) is 6.04. The van der Waals surface area contributed by atoms with Crippen molar-refractivity contribution in [2.24, 2.45) is 0 Å². The number of unbranched alkanes of at least 4 members (excludes halogenated alkanes) is 3. The second kappa shape index (κ2) is 11.1. The molecule has 33 heavy (non-hydrogen) atoms. The topological polar surface area (TPSA) is 62.7 Å². The summed E-state index contributed by atoms with van der Waals surface area (Å²) in [4.78, 5) is 19.1. The van der Waals surface area contributed by atoms with Gasteiger partial charge in [0.2, 0.25) is 0 Å². The maximum atomic E-state index is 13.4. The molecule has 0 aliphatic heterocycles. The number of carbonyl (C=O) groups is 1. The first kappa shape index (κ1) is 23.0. The summed E-state index contributed by atoms with van der Waals surface area (Å²) in [7, 11) is 0. The van der Waals surface area contributed by atoms with Crippen LogP contribution in [0.2, 0.25) is 0 Å². The number of rotatable bonds is 11. The third-order valence-corrected chi connectivity index (χ3v) is 6.04. The van der Waals surface area contributed by atoms with E-state index in [1.54, 1.807) is 17.3 Å². The average Bonchev–Trinajstić information content (AvgIpc) is 3.70. The minimum Gasteiger partial charge on any atom is -0.493 e. The van der Waals surface area contributed by atoms with Gasteiger partial charge >= 0.3 is 0 Å². The molecule has 1 atom stereocenters. The van der Waals surface area contributed by atoms with Gasteiger partial charge in [-0.25, -0.2) is 0 Å². The summed E-state index contributed by atoms with van der Waals surface area (Å²) in [5.74, 6) is 0.483. The molecule has 0 spiro atoms. The summed E-state index contributed by atoms with van der Waals surface area (Å²) < 4.78 is 6.00. The molecule has 1 aliphatic rings. The van der Waals surface area contributed by atoms with Crippen LogP contribution in [-0.4, -0.2) is 33.5 Å². The van der Waals surface area contributed by atoms with E-state index in [1.807, 2.05) is 60.7 Å². The van der Waals surface area contributed by atoms with Gasteiger partial charge in [-0.15, -0.1) is 0 Å². The molecule has 0 saturated heterocycles. The number of amides is 1. The lowest BCUT2D eigenvalue weighted by molar-refractivity contribution is 0.000931. The largest absolute Gasteiger partial charge is 0.493 e. The summed E-state index contributed by atoms with van der Waals surface area (Å²) in [6, 6.07) is 19.0. The van der Waals surface area contributed by atoms with Gasteiger partial charge in [0.15, 0.2) is 6.23 Å². The van der Waals surface area contributed by atoms with Gasteiger partial charge in [0.05, 0.1) is 6.61 Å². The Hall–Kier alpha value is -3.18. The minimum absolute atomic E-state index is 0.0463. The summed E-state index contributed by atoms with van der Waals surface area (Å²) >= 11 is 0. The smallest absolute Gasteiger partial charge is 0.256 e. The molecule has 5 nitrogen and oxygen atoms in total. The van der Waals surface area contributed by atoms with Crippen LogP contribution in [0.3, 0.4) is 0 Å². The number of carbonyl (C=O) groups excluding carboxylic acids is 1. The van der Waals surface area contributed by atoms with Crippen molar-refractivity contribution < 1.29 is 14.6 Å². The molecule has 1 unspecified atom stereocenters. The molecule has 5 heteroatoms. The standard InChI is InChI=1S/C28H32N2O3/c1-2-3-4-7-20-33-26-9-6-5-8-25(26)28(32)30(24-14-15-24)27(31)23-12-10-21(11-13-23)22-16-18-29-19-17-22/h5-6,8-13,16-19,24,28,32H,2-4,7,14-15,20H2,1H3. The van der Waals surface area contributed by atoms with Gasteiger partial charge in [-0.05, 0) is 60.7 Å². The van der Waals surface area contributed by atoms with Crippen LogP contribution < -0.4 is 4.74 Å². The van der Waals surface area contributed by atoms with Crippen molar-refractivity contribution in [1.29, 1.82) is 0 Å². The van der Waals surface area contributed by atoms with Gasteiger partial charge in [-0.3, -0.25) is 9.78 Å². The summed E-state index contributed by atoms with van der Waals surface area (Å²) in [5.41, 5.74) is 3.28. The van der Waals surface area contributed by atoms with Crippen LogP contribution in [0.15, 0.2) is 73.1 Å². The van der Waals surface area contributed by atoms with Gasteiger partial charge in [0, 0.05) is 29.6 Å². The predicted molar refractivity (Wildman–Crippen MR) is 130 cm³/mol. The average molecular weight is 445 g/mol. The number of pyridine rings is 1. The monoisotopic (exact) mass is 444 g/mol. The lowest BCUT2D eigenvalue weighted by Gasteiger charge is -2.29. The predicted octanol–water partition coefficient (Wildman–Crippen LogP) is 6.00. The van der Waals surface area contributed by atoms with Gasteiger partial charge in [-0.2, -0.15) is 0 Å². The Balaban J connectivity index is 1.50. The first-order valence-corrected chi connectivity index (χ1v) is 11.9. The van der Waals surface area contributed by atoms with Gasteiger partial charge in [0.25, 0.3) is 5.91 Å². The Labute approximate surface area is 196 Å². The first-order chi connectivity index (χ1) is 16.2. The molecule has 1 N–H and O–H groups in total. The highest BCUT2D eigenvalue weighted by Crippen LogP contribution is 2.37. The SMILES string of the molecule is CCCCCCOc1ccccc1C(O)N(C(=O)c1ccc(-c2ccncc2)cc1)C1CC1. The molecule has 172 valence electrons. The number of aliphatic hydroxyl groups excluding tert-OH is 1. The maximum Gasteiger partial charge on any atom is 0.256 e. The van der Waals surface area contributed by atoms with Crippen LogP contribution in [0.5, 0.6) is 5.75 Å². The van der Waals surface area contributed by atoms with E-state index in [4.69, 9.17) is 4.74 Å². The van der Waals surface area contributed by atoms with E-state index in [1.165, 1.54) is 12.8 Å². The zero-order valence-corrected chi connectivity index (χ0v) is 19.2. The second-order valence-electron chi connectivity index (χ2n) is 8.58. The minimum atomic E-state index is -1.04. The molecular weight excluding hydrogens is 412 g/mol. The Morgan fingerprint density at radius 3 is 2.39 bits per heavy atom. The van der Waals surface area contributed by atoms with Gasteiger partial charge < -0.3 is 14.7 Å². The van der Waals surface area contributed by atoms with E-state index in [0.29, 0.717) is 23.5 Å². The summed E-state index contributed by atoms with van der Waals surface area (Å²) in [6.07, 6.45) is 8.74. The highest BCUT2D eigenvalue weighted by molar-refractivity contribution is 5.95. The number of nitrogens with zero attached hydrogens (tertiary/aromatic N) is 2. The molecule has 3 aromatic rings. The van der Waals surface area contributed by atoms with Crippen LogP contribution in [0, 0.1) is 0 Å². The summed E-state index contributed by atoms with van der Waals surface area (Å²) in [5, 5.41) is 11.3. The summed E-state index contributed by atoms with van der Waals surface area (Å²) in [6.45, 7) is 2.79. The molecule has 1 aromatic heterocycles. The van der Waals surface area contributed by atoms with Crippen LogP contribution in [-0.2, 0) is 0 Å². The Morgan fingerprint density at radius 1 is 1.00 bits per heavy atom. The zero-order chi connectivity index (χ0) is 23.0. The number of benzene rings is 2. The van der Waals surface area contributed by atoms with Crippen LogP contribution >= 0.6 is 0 Å². The van der Waals surface area contributed by atoms with Crippen LogP contribution in [0.4, 0.5) is 0 Å². The Bertz CT molecular complexity index is 1030. The third kappa shape index (κ3) is 5.79. The van der Waals surface area contributed by atoms with E-state index >= 15 is 0 Å². The molecule has 1 aliphatic carbocycles. The normalized spacial score (nSPS) is 14.0.